The number of aliphatic carboxylic acids is 1. The fourth-order valence-corrected chi connectivity index (χ4v) is 1.87. The first kappa shape index (κ1) is 14.4. The maximum Gasteiger partial charge on any atom is 0.235 e. The third-order valence-electron chi connectivity index (χ3n) is 2.34. The summed E-state index contributed by atoms with van der Waals surface area (Å²) in [5.41, 5.74) is -2.03. The second-order valence-corrected chi connectivity index (χ2v) is 5.34. The molecule has 0 aromatic carbocycles. The van der Waals surface area contributed by atoms with E-state index < -0.39 is 23.8 Å². The molecule has 18 heavy (non-hydrogen) atoms. The molecule has 6 heteroatoms. The number of rotatable bonds is 6. The monoisotopic (exact) mass is 255 g/mol. The molecule has 1 rings (SSSR count). The molecule has 1 aromatic rings. The van der Waals surface area contributed by atoms with Crippen molar-refractivity contribution in [1.82, 2.24) is 0 Å². The molecule has 1 aromatic heterocycles. The summed E-state index contributed by atoms with van der Waals surface area (Å²) in [6.07, 6.45) is 0.528. The van der Waals surface area contributed by atoms with Crippen LogP contribution in [-0.4, -0.2) is 54.6 Å². The van der Waals surface area contributed by atoms with Gasteiger partial charge >= 0.3 is 0 Å². The van der Waals surface area contributed by atoms with Gasteiger partial charge in [-0.1, -0.05) is 0 Å². The van der Waals surface area contributed by atoms with Gasteiger partial charge in [-0.2, -0.15) is 0 Å². The van der Waals surface area contributed by atoms with Crippen LogP contribution in [0.5, 0.6) is 0 Å². The topological polar surface area (TPSA) is 90.6 Å². The number of quaternary nitrogens is 1. The van der Waals surface area contributed by atoms with E-state index in [0.29, 0.717) is 0 Å². The average Bonchev–Trinajstić information content (AvgIpc) is 2.64. The molecule has 1 N–H and O–H groups in total. The highest BCUT2D eigenvalue weighted by atomic mass is 16.4. The fourth-order valence-electron chi connectivity index (χ4n) is 1.87. The molecular formula is C12H17NO5. The number of carbonyl (C=O) groups excluding carboxylic acids is 2. The van der Waals surface area contributed by atoms with Crippen LogP contribution in [0.2, 0.25) is 0 Å². The number of aliphatic hydroxyl groups is 1. The second kappa shape index (κ2) is 4.91. The van der Waals surface area contributed by atoms with E-state index in [0.717, 1.165) is 0 Å². The van der Waals surface area contributed by atoms with E-state index in [-0.39, 0.29) is 16.8 Å². The number of carbonyl (C=O) groups is 2. The second-order valence-electron chi connectivity index (χ2n) is 5.34. The average molecular weight is 255 g/mol. The Balaban J connectivity index is 3.04. The molecule has 0 saturated heterocycles. The number of hydrogen-bond donors (Lipinski definition) is 1. The standard InChI is InChI=1S/C12H17NO5/c1-13(2,3)8-12(17,7-10(14)15)11(16)9-5-4-6-18-9/h4-6,17H,7-8H2,1-3H3. The van der Waals surface area contributed by atoms with Crippen molar-refractivity contribution in [3.63, 3.8) is 0 Å². The lowest BCUT2D eigenvalue weighted by Gasteiger charge is -2.34. The molecular weight excluding hydrogens is 238 g/mol. The minimum absolute atomic E-state index is 0.0550. The summed E-state index contributed by atoms with van der Waals surface area (Å²) >= 11 is 0. The summed E-state index contributed by atoms with van der Waals surface area (Å²) in [5.74, 6) is -2.29. The number of carboxylic acid groups (broad SMARTS) is 1. The van der Waals surface area contributed by atoms with Crippen LogP contribution in [-0.2, 0) is 4.79 Å². The predicted molar refractivity (Wildman–Crippen MR) is 60.5 cm³/mol. The van der Waals surface area contributed by atoms with Crippen molar-refractivity contribution in [1.29, 1.82) is 0 Å². The van der Waals surface area contributed by atoms with E-state index >= 15 is 0 Å². The van der Waals surface area contributed by atoms with Gasteiger partial charge < -0.3 is 23.9 Å². The zero-order valence-corrected chi connectivity index (χ0v) is 10.7. The highest BCUT2D eigenvalue weighted by Crippen LogP contribution is 2.20. The van der Waals surface area contributed by atoms with Gasteiger partial charge in [0.15, 0.2) is 11.4 Å². The number of furan rings is 1. The normalized spacial score (nSPS) is 15.1. The molecule has 6 nitrogen and oxygen atoms in total. The lowest BCUT2D eigenvalue weighted by Crippen LogP contribution is -2.56. The van der Waals surface area contributed by atoms with Crippen LogP contribution in [0, 0.1) is 0 Å². The Morgan fingerprint density at radius 3 is 2.44 bits per heavy atom. The quantitative estimate of drug-likeness (QED) is 0.522. The van der Waals surface area contributed by atoms with Crippen molar-refractivity contribution in [3.05, 3.63) is 24.2 Å². The van der Waals surface area contributed by atoms with E-state index in [4.69, 9.17) is 4.42 Å². The van der Waals surface area contributed by atoms with E-state index in [1.54, 1.807) is 21.1 Å². The molecule has 0 spiro atoms. The summed E-state index contributed by atoms with van der Waals surface area (Å²) in [6, 6.07) is 2.89. The van der Waals surface area contributed by atoms with Gasteiger partial charge in [-0.3, -0.25) is 4.79 Å². The van der Waals surface area contributed by atoms with Crippen molar-refractivity contribution >= 4 is 11.8 Å². The molecule has 0 amide bonds. The van der Waals surface area contributed by atoms with Crippen LogP contribution < -0.4 is 5.11 Å². The number of ketones is 1. The minimum Gasteiger partial charge on any atom is -0.550 e. The molecule has 0 fully saturated rings. The zero-order chi connectivity index (χ0) is 14.0. The molecule has 0 aliphatic heterocycles. The molecule has 1 atom stereocenters. The number of hydrogen-bond acceptors (Lipinski definition) is 5. The molecule has 0 bridgehead atoms. The summed E-state index contributed by atoms with van der Waals surface area (Å²) in [7, 11) is 5.24. The highest BCUT2D eigenvalue weighted by Gasteiger charge is 2.43. The Bertz CT molecular complexity index is 432. The number of likely N-dealkylation sites (N-methyl/N-ethyl adjacent to an activating group) is 1. The summed E-state index contributed by atoms with van der Waals surface area (Å²) in [5, 5.41) is 21.0. The Morgan fingerprint density at radius 1 is 1.44 bits per heavy atom. The van der Waals surface area contributed by atoms with E-state index in [1.165, 1.54) is 18.4 Å². The predicted octanol–water partition coefficient (Wildman–Crippen LogP) is -0.960. The summed E-state index contributed by atoms with van der Waals surface area (Å²) < 4.78 is 5.14. The first-order valence-corrected chi connectivity index (χ1v) is 5.45. The molecule has 100 valence electrons. The first-order valence-electron chi connectivity index (χ1n) is 5.45. The van der Waals surface area contributed by atoms with Gasteiger partial charge in [0.05, 0.1) is 27.4 Å². The first-order chi connectivity index (χ1) is 8.14. The van der Waals surface area contributed by atoms with Crippen LogP contribution in [0.1, 0.15) is 17.0 Å². The van der Waals surface area contributed by atoms with Gasteiger partial charge in [0, 0.05) is 12.4 Å². The summed E-state index contributed by atoms with van der Waals surface area (Å²) in [4.78, 5) is 22.8. The maximum absolute atomic E-state index is 12.1. The van der Waals surface area contributed by atoms with Gasteiger partial charge in [0.1, 0.15) is 6.54 Å². The zero-order valence-electron chi connectivity index (χ0n) is 10.7. The third-order valence-corrected chi connectivity index (χ3v) is 2.34. The van der Waals surface area contributed by atoms with Crippen molar-refractivity contribution in [2.75, 3.05) is 27.7 Å². The van der Waals surface area contributed by atoms with Crippen molar-refractivity contribution < 1.29 is 28.7 Å². The van der Waals surface area contributed by atoms with E-state index in [1.807, 2.05) is 0 Å². The SMILES string of the molecule is C[N+](C)(C)CC(O)(CC(=O)[O-])C(=O)c1ccco1. The molecule has 0 aliphatic rings. The number of Topliss-reactive ketones (excluding diaryl/α,β-unsaturated/α-hetero) is 1. The van der Waals surface area contributed by atoms with E-state index in [2.05, 4.69) is 0 Å². The van der Waals surface area contributed by atoms with Crippen molar-refractivity contribution in [2.45, 2.75) is 12.0 Å². The van der Waals surface area contributed by atoms with Crippen molar-refractivity contribution in [2.24, 2.45) is 0 Å². The van der Waals surface area contributed by atoms with Crippen LogP contribution in [0.25, 0.3) is 0 Å². The largest absolute Gasteiger partial charge is 0.550 e. The number of nitrogens with zero attached hydrogens (tertiary/aromatic N) is 1. The highest BCUT2D eigenvalue weighted by molar-refractivity contribution is 6.01. The Kier molecular flexibility index (Phi) is 3.93. The Hall–Kier alpha value is -1.66. The Morgan fingerprint density at radius 2 is 2.06 bits per heavy atom. The van der Waals surface area contributed by atoms with Crippen LogP contribution in [0.3, 0.4) is 0 Å². The van der Waals surface area contributed by atoms with Crippen LogP contribution in [0.4, 0.5) is 0 Å². The van der Waals surface area contributed by atoms with Crippen LogP contribution in [0.15, 0.2) is 22.8 Å². The molecule has 1 heterocycles. The van der Waals surface area contributed by atoms with Gasteiger partial charge in [-0.25, -0.2) is 0 Å². The maximum atomic E-state index is 12.1. The van der Waals surface area contributed by atoms with Gasteiger partial charge in [-0.15, -0.1) is 0 Å². The van der Waals surface area contributed by atoms with Crippen LogP contribution >= 0.6 is 0 Å². The van der Waals surface area contributed by atoms with E-state index in [9.17, 15) is 19.8 Å². The van der Waals surface area contributed by atoms with Gasteiger partial charge in [-0.05, 0) is 12.1 Å². The smallest absolute Gasteiger partial charge is 0.235 e. The van der Waals surface area contributed by atoms with Gasteiger partial charge in [0.2, 0.25) is 5.78 Å². The van der Waals surface area contributed by atoms with Crippen molar-refractivity contribution in [3.8, 4) is 0 Å². The Labute approximate surface area is 105 Å². The third kappa shape index (κ3) is 3.68. The molecule has 0 radical (unpaired) electrons. The summed E-state index contributed by atoms with van der Waals surface area (Å²) in [6.45, 7) is -0.0550. The number of carboxylic acids is 1. The molecule has 0 aliphatic carbocycles. The molecule has 0 saturated carbocycles. The lowest BCUT2D eigenvalue weighted by atomic mass is 9.91. The molecule has 1 unspecified atom stereocenters. The lowest BCUT2D eigenvalue weighted by molar-refractivity contribution is -0.875. The minimum atomic E-state index is -2.03. The van der Waals surface area contributed by atoms with Gasteiger partial charge in [0.25, 0.3) is 0 Å². The fraction of sp³-hybridized carbons (Fsp3) is 0.500.